The van der Waals surface area contributed by atoms with E-state index < -0.39 is 0 Å². The van der Waals surface area contributed by atoms with Gasteiger partial charge in [0.15, 0.2) is 0 Å². The summed E-state index contributed by atoms with van der Waals surface area (Å²) >= 11 is 0. The van der Waals surface area contributed by atoms with Crippen LogP contribution in [0.5, 0.6) is 5.75 Å². The Hall–Kier alpha value is -1.52. The molecule has 0 aliphatic rings. The van der Waals surface area contributed by atoms with Crippen molar-refractivity contribution in [1.82, 2.24) is 5.32 Å². The summed E-state index contributed by atoms with van der Waals surface area (Å²) in [6, 6.07) is 7.45. The highest BCUT2D eigenvalue weighted by Gasteiger charge is 2.16. The van der Waals surface area contributed by atoms with Crippen LogP contribution in [0.4, 0.5) is 0 Å². The Morgan fingerprint density at radius 3 is 2.70 bits per heavy atom. The van der Waals surface area contributed by atoms with Crippen molar-refractivity contribution in [1.29, 1.82) is 0 Å². The average Bonchev–Trinajstić information content (AvgIpc) is 2.42. The first-order chi connectivity index (χ1) is 9.06. The van der Waals surface area contributed by atoms with Crippen LogP contribution in [0.25, 0.3) is 0 Å². The molecule has 0 saturated carbocycles. The molecule has 5 heteroatoms. The fraction of sp³-hybridized carbons (Fsp3) is 0.400. The molecule has 1 aromatic carbocycles. The molecule has 1 aromatic rings. The van der Waals surface area contributed by atoms with Crippen LogP contribution in [-0.2, 0) is 11.3 Å². The first-order valence-corrected chi connectivity index (χ1v) is 6.41. The quantitative estimate of drug-likeness (QED) is 0.759. The maximum atomic E-state index is 11.8. The van der Waals surface area contributed by atoms with Crippen LogP contribution in [0.1, 0.15) is 19.4 Å². The van der Waals surface area contributed by atoms with Gasteiger partial charge in [0.2, 0.25) is 5.91 Å². The number of halogens is 1. The molecule has 1 amide bonds. The molecule has 112 valence electrons. The Morgan fingerprint density at radius 1 is 1.45 bits per heavy atom. The zero-order valence-electron chi connectivity index (χ0n) is 12.0. The van der Waals surface area contributed by atoms with E-state index in [0.717, 1.165) is 11.3 Å². The van der Waals surface area contributed by atoms with Gasteiger partial charge in [-0.05, 0) is 13.0 Å². The number of hydrogen-bond donors (Lipinski definition) is 2. The number of nitrogens with one attached hydrogen (secondary N) is 1. The van der Waals surface area contributed by atoms with E-state index in [9.17, 15) is 4.79 Å². The van der Waals surface area contributed by atoms with E-state index >= 15 is 0 Å². The van der Waals surface area contributed by atoms with E-state index in [4.69, 9.17) is 10.5 Å². The highest BCUT2D eigenvalue weighted by Crippen LogP contribution is 2.17. The van der Waals surface area contributed by atoms with Crippen molar-refractivity contribution in [2.75, 3.05) is 6.61 Å². The Balaban J connectivity index is 0.00000361. The van der Waals surface area contributed by atoms with Crippen LogP contribution >= 0.6 is 12.4 Å². The second-order valence-corrected chi connectivity index (χ2v) is 4.57. The highest BCUT2D eigenvalue weighted by atomic mass is 35.5. The van der Waals surface area contributed by atoms with Crippen LogP contribution in [0.2, 0.25) is 0 Å². The van der Waals surface area contributed by atoms with Gasteiger partial charge in [-0.1, -0.05) is 37.8 Å². The van der Waals surface area contributed by atoms with Crippen LogP contribution < -0.4 is 15.8 Å². The topological polar surface area (TPSA) is 64.3 Å². The van der Waals surface area contributed by atoms with E-state index in [0.29, 0.717) is 13.2 Å². The van der Waals surface area contributed by atoms with Gasteiger partial charge in [0.25, 0.3) is 0 Å². The summed E-state index contributed by atoms with van der Waals surface area (Å²) in [5.41, 5.74) is 6.64. The summed E-state index contributed by atoms with van der Waals surface area (Å²) in [4.78, 5) is 11.8. The summed E-state index contributed by atoms with van der Waals surface area (Å²) in [6.45, 7) is 8.14. The summed E-state index contributed by atoms with van der Waals surface area (Å²) in [5, 5.41) is 2.87. The van der Waals surface area contributed by atoms with Gasteiger partial charge in [-0.2, -0.15) is 0 Å². The minimum atomic E-state index is -0.207. The zero-order valence-corrected chi connectivity index (χ0v) is 12.8. The van der Waals surface area contributed by atoms with Crippen LogP contribution in [0, 0.1) is 5.92 Å². The molecule has 3 N–H and O–H groups in total. The lowest BCUT2D eigenvalue weighted by atomic mass is 10.0. The molecule has 0 heterocycles. The number of hydrogen-bond acceptors (Lipinski definition) is 3. The maximum absolute atomic E-state index is 11.8. The predicted molar refractivity (Wildman–Crippen MR) is 84.0 cm³/mol. The molecule has 0 fully saturated rings. The highest BCUT2D eigenvalue weighted by molar-refractivity contribution is 5.85. The molecule has 4 nitrogen and oxygen atoms in total. The van der Waals surface area contributed by atoms with Gasteiger partial charge in [-0.3, -0.25) is 4.79 Å². The van der Waals surface area contributed by atoms with Crippen molar-refractivity contribution in [2.45, 2.75) is 26.4 Å². The van der Waals surface area contributed by atoms with E-state index in [1.165, 1.54) is 0 Å². The van der Waals surface area contributed by atoms with Crippen LogP contribution in [-0.4, -0.2) is 18.6 Å². The molecule has 0 bridgehead atoms. The lowest BCUT2D eigenvalue weighted by Gasteiger charge is -2.16. The third-order valence-corrected chi connectivity index (χ3v) is 2.98. The molecular weight excluding hydrogens is 276 g/mol. The second kappa shape index (κ2) is 9.39. The molecule has 0 aliphatic carbocycles. The number of para-hydroxylation sites is 1. The van der Waals surface area contributed by atoms with Crippen LogP contribution in [0.15, 0.2) is 36.9 Å². The molecular formula is C15H23ClN2O2. The molecule has 2 unspecified atom stereocenters. The predicted octanol–water partition coefficient (Wildman–Crippen LogP) is 2.27. The monoisotopic (exact) mass is 298 g/mol. The van der Waals surface area contributed by atoms with Gasteiger partial charge in [0, 0.05) is 24.1 Å². The van der Waals surface area contributed by atoms with E-state index in [2.05, 4.69) is 11.9 Å². The largest absolute Gasteiger partial charge is 0.489 e. The van der Waals surface area contributed by atoms with E-state index in [1.54, 1.807) is 6.08 Å². The number of carbonyl (C=O) groups excluding carboxylic acids is 1. The number of ether oxygens (including phenoxy) is 1. The molecule has 0 aliphatic heterocycles. The van der Waals surface area contributed by atoms with Crippen molar-refractivity contribution in [3.05, 3.63) is 42.5 Å². The van der Waals surface area contributed by atoms with Gasteiger partial charge >= 0.3 is 0 Å². The fourth-order valence-corrected chi connectivity index (χ4v) is 1.52. The lowest BCUT2D eigenvalue weighted by molar-refractivity contribution is -0.125. The third-order valence-electron chi connectivity index (χ3n) is 2.98. The summed E-state index contributed by atoms with van der Waals surface area (Å²) in [5.74, 6) is 0.505. The van der Waals surface area contributed by atoms with E-state index in [-0.39, 0.29) is 30.3 Å². The molecule has 2 atom stereocenters. The maximum Gasteiger partial charge on any atom is 0.224 e. The summed E-state index contributed by atoms with van der Waals surface area (Å²) in [6.07, 6.45) is 1.69. The van der Waals surface area contributed by atoms with Crippen molar-refractivity contribution in [2.24, 2.45) is 11.7 Å². The number of amides is 1. The Bertz CT molecular complexity index is 436. The number of benzene rings is 1. The van der Waals surface area contributed by atoms with Gasteiger partial charge in [-0.15, -0.1) is 12.4 Å². The molecule has 1 rings (SSSR count). The molecule has 20 heavy (non-hydrogen) atoms. The molecule has 0 spiro atoms. The lowest BCUT2D eigenvalue weighted by Crippen LogP contribution is -2.38. The van der Waals surface area contributed by atoms with Crippen molar-refractivity contribution >= 4 is 18.3 Å². The fourth-order valence-electron chi connectivity index (χ4n) is 1.52. The zero-order chi connectivity index (χ0) is 14.3. The van der Waals surface area contributed by atoms with E-state index in [1.807, 2.05) is 38.1 Å². The SMILES string of the molecule is C=CCOc1ccccc1CNC(=O)C(C)C(C)N.Cl. The minimum Gasteiger partial charge on any atom is -0.489 e. The Morgan fingerprint density at radius 2 is 2.10 bits per heavy atom. The molecule has 0 aromatic heterocycles. The van der Waals surface area contributed by atoms with Gasteiger partial charge in [-0.25, -0.2) is 0 Å². The standard InChI is InChI=1S/C15H22N2O2.ClH/c1-4-9-19-14-8-6-5-7-13(14)10-17-15(18)11(2)12(3)16;/h4-8,11-12H,1,9-10,16H2,2-3H3,(H,17,18);1H. The molecule has 0 radical (unpaired) electrons. The first-order valence-electron chi connectivity index (χ1n) is 6.41. The average molecular weight is 299 g/mol. The summed E-state index contributed by atoms with van der Waals surface area (Å²) in [7, 11) is 0. The van der Waals surface area contributed by atoms with Crippen LogP contribution in [0.3, 0.4) is 0 Å². The van der Waals surface area contributed by atoms with Crippen molar-refractivity contribution in [3.8, 4) is 5.75 Å². The smallest absolute Gasteiger partial charge is 0.224 e. The van der Waals surface area contributed by atoms with Gasteiger partial charge in [0.1, 0.15) is 12.4 Å². The first kappa shape index (κ1) is 18.5. The number of carbonyl (C=O) groups is 1. The Labute approximate surface area is 126 Å². The van der Waals surface area contributed by atoms with Gasteiger partial charge < -0.3 is 15.8 Å². The Kier molecular flexibility index (Phi) is 8.68. The van der Waals surface area contributed by atoms with Gasteiger partial charge in [0.05, 0.1) is 0 Å². The summed E-state index contributed by atoms with van der Waals surface area (Å²) < 4.78 is 5.53. The second-order valence-electron chi connectivity index (χ2n) is 4.57. The number of rotatable bonds is 7. The normalized spacial score (nSPS) is 12.8. The molecule has 0 saturated heterocycles. The minimum absolute atomic E-state index is 0. The number of nitrogens with two attached hydrogens (primary N) is 1. The van der Waals surface area contributed by atoms with Crippen molar-refractivity contribution < 1.29 is 9.53 Å². The van der Waals surface area contributed by atoms with Crippen molar-refractivity contribution in [3.63, 3.8) is 0 Å². The third kappa shape index (κ3) is 5.63.